The third-order valence-corrected chi connectivity index (χ3v) is 3.11. The Bertz CT molecular complexity index is 405. The average molecular weight is 214 g/mol. The van der Waals surface area contributed by atoms with E-state index in [1.54, 1.807) is 12.1 Å². The Morgan fingerprint density at radius 2 is 1.86 bits per heavy atom. The highest BCUT2D eigenvalue weighted by atomic mass is 32.2. The van der Waals surface area contributed by atoms with E-state index in [2.05, 4.69) is 4.74 Å². The van der Waals surface area contributed by atoms with Crippen LogP contribution in [0.5, 0.6) is 0 Å². The van der Waals surface area contributed by atoms with Gasteiger partial charge in [-0.05, 0) is 19.1 Å². The summed E-state index contributed by atoms with van der Waals surface area (Å²) in [7, 11) is -3.49. The van der Waals surface area contributed by atoms with Gasteiger partial charge in [-0.15, -0.1) is 0 Å². The first-order valence-electron chi connectivity index (χ1n) is 3.91. The Hall–Kier alpha value is -1.36. The predicted molar refractivity (Wildman–Crippen MR) is 50.4 cm³/mol. The summed E-state index contributed by atoms with van der Waals surface area (Å²) < 4.78 is 27.1. The first-order valence-corrected chi connectivity index (χ1v) is 5.56. The number of aryl methyl sites for hydroxylation is 1. The lowest BCUT2D eigenvalue weighted by Crippen LogP contribution is -2.09. The molecule has 0 bridgehead atoms. The summed E-state index contributed by atoms with van der Waals surface area (Å²) >= 11 is 0. The molecule has 14 heavy (non-hydrogen) atoms. The maximum Gasteiger partial charge on any atom is 0.294 e. The minimum Gasteiger partial charge on any atom is -0.451 e. The van der Waals surface area contributed by atoms with Crippen molar-refractivity contribution in [2.75, 3.05) is 5.94 Å². The van der Waals surface area contributed by atoms with E-state index < -0.39 is 15.8 Å². The summed E-state index contributed by atoms with van der Waals surface area (Å²) in [6.45, 7) is 1.98. The maximum atomic E-state index is 11.4. The lowest BCUT2D eigenvalue weighted by atomic mass is 10.2. The Labute approximate surface area is 82.4 Å². The average Bonchev–Trinajstić information content (AvgIpc) is 2.16. The molecule has 1 aromatic carbocycles. The molecule has 0 aromatic heterocycles. The summed E-state index contributed by atoms with van der Waals surface area (Å²) in [5, 5.41) is 0. The minimum atomic E-state index is -3.49. The van der Waals surface area contributed by atoms with Gasteiger partial charge in [-0.25, -0.2) is 8.42 Å². The van der Waals surface area contributed by atoms with Gasteiger partial charge < -0.3 is 4.74 Å². The van der Waals surface area contributed by atoms with Gasteiger partial charge in [0, 0.05) is 0 Å². The highest BCUT2D eigenvalue weighted by Crippen LogP contribution is 2.11. The fourth-order valence-electron chi connectivity index (χ4n) is 0.931. The van der Waals surface area contributed by atoms with Crippen molar-refractivity contribution in [3.8, 4) is 0 Å². The monoisotopic (exact) mass is 214 g/mol. The molecule has 0 spiro atoms. The second-order valence-electron chi connectivity index (χ2n) is 2.81. The molecule has 1 aromatic rings. The second-order valence-corrected chi connectivity index (χ2v) is 4.75. The molecular formula is C9H10O4S. The van der Waals surface area contributed by atoms with Gasteiger partial charge in [0.1, 0.15) is 0 Å². The van der Waals surface area contributed by atoms with Crippen molar-refractivity contribution in [2.24, 2.45) is 0 Å². The molecule has 0 aliphatic heterocycles. The first kappa shape index (κ1) is 10.7. The maximum absolute atomic E-state index is 11.4. The number of rotatable bonds is 4. The van der Waals surface area contributed by atoms with Crippen LogP contribution in [0.4, 0.5) is 0 Å². The van der Waals surface area contributed by atoms with Crippen molar-refractivity contribution in [3.63, 3.8) is 0 Å². The normalized spacial score (nSPS) is 10.9. The van der Waals surface area contributed by atoms with Crippen LogP contribution in [-0.4, -0.2) is 20.8 Å². The summed E-state index contributed by atoms with van der Waals surface area (Å²) in [6.07, 6.45) is 0. The molecular weight excluding hydrogens is 204 g/mol. The third kappa shape index (κ3) is 2.56. The second kappa shape index (κ2) is 4.23. The fourth-order valence-corrected chi connectivity index (χ4v) is 1.85. The van der Waals surface area contributed by atoms with Gasteiger partial charge in [0.15, 0.2) is 5.94 Å². The highest BCUT2D eigenvalue weighted by molar-refractivity contribution is 7.91. The lowest BCUT2D eigenvalue weighted by molar-refractivity contribution is -0.126. The zero-order chi connectivity index (χ0) is 10.6. The minimum absolute atomic E-state index is 0.117. The number of hydrogen-bond acceptors (Lipinski definition) is 4. The van der Waals surface area contributed by atoms with Crippen LogP contribution in [0.3, 0.4) is 0 Å². The van der Waals surface area contributed by atoms with E-state index in [-0.39, 0.29) is 11.4 Å². The number of carbonyl (C=O) groups excluding carboxylic acids is 1. The fraction of sp³-hybridized carbons (Fsp3) is 0.222. The van der Waals surface area contributed by atoms with E-state index >= 15 is 0 Å². The van der Waals surface area contributed by atoms with Gasteiger partial charge in [-0.3, -0.25) is 4.79 Å². The molecule has 1 rings (SSSR count). The number of hydrogen-bond donors (Lipinski definition) is 0. The molecule has 0 saturated carbocycles. The molecule has 5 heteroatoms. The van der Waals surface area contributed by atoms with Gasteiger partial charge in [0.25, 0.3) is 6.47 Å². The van der Waals surface area contributed by atoms with Crippen LogP contribution in [0.2, 0.25) is 0 Å². The Morgan fingerprint density at radius 3 is 2.36 bits per heavy atom. The molecule has 0 heterocycles. The van der Waals surface area contributed by atoms with Crippen LogP contribution in [0.1, 0.15) is 5.56 Å². The van der Waals surface area contributed by atoms with Gasteiger partial charge in [-0.1, -0.05) is 17.7 Å². The van der Waals surface area contributed by atoms with Crippen molar-refractivity contribution in [2.45, 2.75) is 11.8 Å². The van der Waals surface area contributed by atoms with Gasteiger partial charge in [0.05, 0.1) is 4.90 Å². The summed E-state index contributed by atoms with van der Waals surface area (Å²) in [4.78, 5) is 10.0. The molecule has 0 amide bonds. The Balaban J connectivity index is 2.93. The summed E-state index contributed by atoms with van der Waals surface area (Å²) in [5.41, 5.74) is 0.972. The van der Waals surface area contributed by atoms with Crippen molar-refractivity contribution in [1.29, 1.82) is 0 Å². The zero-order valence-corrected chi connectivity index (χ0v) is 8.45. The smallest absolute Gasteiger partial charge is 0.294 e. The number of sulfone groups is 1. The largest absolute Gasteiger partial charge is 0.451 e. The van der Waals surface area contributed by atoms with Crippen LogP contribution in [-0.2, 0) is 19.4 Å². The topological polar surface area (TPSA) is 60.4 Å². The van der Waals surface area contributed by atoms with E-state index in [1.807, 2.05) is 6.92 Å². The molecule has 4 nitrogen and oxygen atoms in total. The summed E-state index contributed by atoms with van der Waals surface area (Å²) in [5.74, 6) is -0.612. The van der Waals surface area contributed by atoms with Crippen molar-refractivity contribution >= 4 is 16.3 Å². The summed E-state index contributed by atoms with van der Waals surface area (Å²) in [6, 6.07) is 6.35. The molecule has 0 unspecified atom stereocenters. The number of carbonyl (C=O) groups is 1. The van der Waals surface area contributed by atoms with E-state index in [1.165, 1.54) is 12.1 Å². The van der Waals surface area contributed by atoms with E-state index in [9.17, 15) is 13.2 Å². The van der Waals surface area contributed by atoms with Crippen molar-refractivity contribution in [1.82, 2.24) is 0 Å². The Kier molecular flexibility index (Phi) is 3.24. The molecule has 0 saturated heterocycles. The molecule has 0 radical (unpaired) electrons. The van der Waals surface area contributed by atoms with E-state index in [0.717, 1.165) is 5.56 Å². The molecule has 0 fully saturated rings. The lowest BCUT2D eigenvalue weighted by Gasteiger charge is -2.02. The van der Waals surface area contributed by atoms with Gasteiger partial charge in [-0.2, -0.15) is 0 Å². The van der Waals surface area contributed by atoms with Crippen LogP contribution in [0.25, 0.3) is 0 Å². The molecule has 0 aliphatic rings. The van der Waals surface area contributed by atoms with E-state index in [4.69, 9.17) is 0 Å². The van der Waals surface area contributed by atoms with Crippen molar-refractivity contribution in [3.05, 3.63) is 29.8 Å². The van der Waals surface area contributed by atoms with Gasteiger partial charge in [0.2, 0.25) is 9.84 Å². The van der Waals surface area contributed by atoms with Gasteiger partial charge >= 0.3 is 0 Å². The van der Waals surface area contributed by atoms with Crippen LogP contribution in [0, 0.1) is 6.92 Å². The predicted octanol–water partition coefficient (Wildman–Crippen LogP) is 0.899. The Morgan fingerprint density at radius 1 is 1.29 bits per heavy atom. The number of benzene rings is 1. The third-order valence-electron chi connectivity index (χ3n) is 1.67. The van der Waals surface area contributed by atoms with Crippen molar-refractivity contribution < 1.29 is 17.9 Å². The van der Waals surface area contributed by atoms with E-state index in [0.29, 0.717) is 0 Å². The SMILES string of the molecule is Cc1ccc(S(=O)(=O)COC=O)cc1. The number of ether oxygens (including phenoxy) is 1. The quantitative estimate of drug-likeness (QED) is 0.699. The zero-order valence-electron chi connectivity index (χ0n) is 7.64. The first-order chi connectivity index (χ1) is 6.56. The molecule has 0 N–H and O–H groups in total. The van der Waals surface area contributed by atoms with Crippen LogP contribution in [0.15, 0.2) is 29.2 Å². The van der Waals surface area contributed by atoms with Crippen LogP contribution < -0.4 is 0 Å². The molecule has 0 atom stereocenters. The molecule has 0 aliphatic carbocycles. The molecule has 76 valence electrons. The highest BCUT2D eigenvalue weighted by Gasteiger charge is 2.13. The van der Waals surface area contributed by atoms with Crippen LogP contribution >= 0.6 is 0 Å². The standard InChI is InChI=1S/C9H10O4S/c1-8-2-4-9(5-3-8)14(11,12)7-13-6-10/h2-6H,7H2,1H3.